The van der Waals surface area contributed by atoms with E-state index < -0.39 is 35.1 Å². The van der Waals surface area contributed by atoms with Crippen LogP contribution in [0.4, 0.5) is 17.6 Å². The Bertz CT molecular complexity index is 434. The first-order valence-corrected chi connectivity index (χ1v) is 6.25. The minimum atomic E-state index is -1.48. The number of rotatable bonds is 4. The summed E-state index contributed by atoms with van der Waals surface area (Å²) in [4.78, 5) is 0. The monoisotopic (exact) mass is 277 g/mol. The van der Waals surface area contributed by atoms with Crippen molar-refractivity contribution in [3.8, 4) is 5.75 Å². The molecule has 0 saturated carbocycles. The fourth-order valence-electron chi connectivity index (χ4n) is 2.31. The van der Waals surface area contributed by atoms with Crippen molar-refractivity contribution in [2.75, 3.05) is 13.1 Å². The number of nitrogens with one attached hydrogen (secondary N) is 1. The summed E-state index contributed by atoms with van der Waals surface area (Å²) < 4.78 is 58.4. The lowest BCUT2D eigenvalue weighted by molar-refractivity contribution is 0.123. The molecule has 1 aliphatic heterocycles. The van der Waals surface area contributed by atoms with Gasteiger partial charge in [0.05, 0.1) is 0 Å². The third-order valence-corrected chi connectivity index (χ3v) is 3.37. The zero-order chi connectivity index (χ0) is 14.0. The van der Waals surface area contributed by atoms with Crippen molar-refractivity contribution >= 4 is 0 Å². The highest BCUT2D eigenvalue weighted by Crippen LogP contribution is 2.30. The SMILES string of the molecule is CC[C@H](Oc1c(F)c(F)cc(F)c1F)C1CCNC1. The van der Waals surface area contributed by atoms with Gasteiger partial charge in [0.15, 0.2) is 17.4 Å². The lowest BCUT2D eigenvalue weighted by Gasteiger charge is -2.23. The predicted octanol–water partition coefficient (Wildman–Crippen LogP) is 3.01. The van der Waals surface area contributed by atoms with Gasteiger partial charge < -0.3 is 10.1 Å². The van der Waals surface area contributed by atoms with E-state index in [4.69, 9.17) is 4.74 Å². The van der Waals surface area contributed by atoms with Crippen LogP contribution in [0.15, 0.2) is 6.07 Å². The number of hydrogen-bond donors (Lipinski definition) is 1. The third kappa shape index (κ3) is 2.83. The van der Waals surface area contributed by atoms with Gasteiger partial charge in [0.25, 0.3) is 0 Å². The molecule has 0 amide bonds. The van der Waals surface area contributed by atoms with E-state index in [0.717, 1.165) is 13.0 Å². The first-order chi connectivity index (χ1) is 9.04. The number of benzene rings is 1. The zero-order valence-electron chi connectivity index (χ0n) is 10.5. The Balaban J connectivity index is 2.26. The van der Waals surface area contributed by atoms with Crippen LogP contribution in [0.1, 0.15) is 19.8 Å². The topological polar surface area (TPSA) is 21.3 Å². The predicted molar refractivity (Wildman–Crippen MR) is 62.0 cm³/mol. The Hall–Kier alpha value is -1.30. The van der Waals surface area contributed by atoms with Crippen LogP contribution in [-0.2, 0) is 0 Å². The molecule has 19 heavy (non-hydrogen) atoms. The van der Waals surface area contributed by atoms with Crippen LogP contribution in [0.3, 0.4) is 0 Å². The van der Waals surface area contributed by atoms with Crippen LogP contribution < -0.4 is 10.1 Å². The van der Waals surface area contributed by atoms with E-state index in [9.17, 15) is 17.6 Å². The second-order valence-corrected chi connectivity index (χ2v) is 4.61. The molecule has 1 heterocycles. The third-order valence-electron chi connectivity index (χ3n) is 3.37. The highest BCUT2D eigenvalue weighted by Gasteiger charge is 2.29. The van der Waals surface area contributed by atoms with Crippen molar-refractivity contribution in [3.05, 3.63) is 29.3 Å². The Morgan fingerprint density at radius 2 is 1.89 bits per heavy atom. The van der Waals surface area contributed by atoms with Gasteiger partial charge in [0, 0.05) is 18.5 Å². The fraction of sp³-hybridized carbons (Fsp3) is 0.538. The highest BCUT2D eigenvalue weighted by atomic mass is 19.2. The molecule has 0 bridgehead atoms. The molecule has 1 fully saturated rings. The van der Waals surface area contributed by atoms with E-state index in [1.165, 1.54) is 0 Å². The van der Waals surface area contributed by atoms with E-state index in [1.54, 1.807) is 6.92 Å². The van der Waals surface area contributed by atoms with Gasteiger partial charge in [-0.3, -0.25) is 0 Å². The molecule has 2 nitrogen and oxygen atoms in total. The minimum Gasteiger partial charge on any atom is -0.484 e. The molecule has 2 rings (SSSR count). The lowest BCUT2D eigenvalue weighted by Crippen LogP contribution is -2.29. The Labute approximate surface area is 108 Å². The highest BCUT2D eigenvalue weighted by molar-refractivity contribution is 5.29. The van der Waals surface area contributed by atoms with Gasteiger partial charge in [-0.1, -0.05) is 6.92 Å². The van der Waals surface area contributed by atoms with Crippen LogP contribution in [0.25, 0.3) is 0 Å². The summed E-state index contributed by atoms with van der Waals surface area (Å²) in [5.74, 6) is -6.75. The Morgan fingerprint density at radius 1 is 1.26 bits per heavy atom. The first kappa shape index (κ1) is 14.1. The van der Waals surface area contributed by atoms with Gasteiger partial charge in [-0.2, -0.15) is 8.78 Å². The molecule has 1 unspecified atom stereocenters. The second kappa shape index (κ2) is 5.77. The molecule has 0 aliphatic carbocycles. The minimum absolute atomic E-state index is 0.0788. The molecule has 0 spiro atoms. The fourth-order valence-corrected chi connectivity index (χ4v) is 2.31. The van der Waals surface area contributed by atoms with Crippen molar-refractivity contribution in [1.29, 1.82) is 0 Å². The van der Waals surface area contributed by atoms with E-state index in [2.05, 4.69) is 5.32 Å². The van der Waals surface area contributed by atoms with Crippen LogP contribution in [0.5, 0.6) is 5.75 Å². The Morgan fingerprint density at radius 3 is 2.37 bits per heavy atom. The molecule has 1 N–H and O–H groups in total. The van der Waals surface area contributed by atoms with Gasteiger partial charge >= 0.3 is 0 Å². The maximum Gasteiger partial charge on any atom is 0.203 e. The van der Waals surface area contributed by atoms with Crippen molar-refractivity contribution < 1.29 is 22.3 Å². The van der Waals surface area contributed by atoms with E-state index >= 15 is 0 Å². The average molecular weight is 277 g/mol. The van der Waals surface area contributed by atoms with Gasteiger partial charge in [0.1, 0.15) is 6.10 Å². The van der Waals surface area contributed by atoms with Crippen molar-refractivity contribution in [1.82, 2.24) is 5.32 Å². The maximum atomic E-state index is 13.5. The lowest BCUT2D eigenvalue weighted by atomic mass is 9.99. The summed E-state index contributed by atoms with van der Waals surface area (Å²) in [6.45, 7) is 3.26. The Kier molecular flexibility index (Phi) is 4.29. The summed E-state index contributed by atoms with van der Waals surface area (Å²) in [7, 11) is 0. The van der Waals surface area contributed by atoms with Gasteiger partial charge in [-0.25, -0.2) is 8.78 Å². The molecule has 106 valence electrons. The van der Waals surface area contributed by atoms with Crippen molar-refractivity contribution in [3.63, 3.8) is 0 Å². The second-order valence-electron chi connectivity index (χ2n) is 4.61. The van der Waals surface area contributed by atoms with Crippen LogP contribution in [-0.4, -0.2) is 19.2 Å². The molecule has 1 aliphatic rings. The van der Waals surface area contributed by atoms with Gasteiger partial charge in [-0.15, -0.1) is 0 Å². The molecule has 1 aromatic carbocycles. The summed E-state index contributed by atoms with van der Waals surface area (Å²) in [5.41, 5.74) is 0. The van der Waals surface area contributed by atoms with Gasteiger partial charge in [0.2, 0.25) is 11.6 Å². The number of hydrogen-bond acceptors (Lipinski definition) is 2. The number of ether oxygens (including phenoxy) is 1. The average Bonchev–Trinajstić information content (AvgIpc) is 2.91. The molecule has 6 heteroatoms. The van der Waals surface area contributed by atoms with Crippen molar-refractivity contribution in [2.24, 2.45) is 5.92 Å². The van der Waals surface area contributed by atoms with Gasteiger partial charge in [-0.05, 0) is 19.4 Å². The molecule has 0 aromatic heterocycles. The largest absolute Gasteiger partial charge is 0.484 e. The zero-order valence-corrected chi connectivity index (χ0v) is 10.5. The van der Waals surface area contributed by atoms with Crippen LogP contribution in [0, 0.1) is 29.2 Å². The summed E-state index contributed by atoms with van der Waals surface area (Å²) >= 11 is 0. The van der Waals surface area contributed by atoms with Crippen molar-refractivity contribution in [2.45, 2.75) is 25.9 Å². The molecule has 0 radical (unpaired) electrons. The summed E-state index contributed by atoms with van der Waals surface area (Å²) in [5, 5.41) is 3.11. The van der Waals surface area contributed by atoms with Crippen LogP contribution in [0.2, 0.25) is 0 Å². The van der Waals surface area contributed by atoms with Crippen LogP contribution >= 0.6 is 0 Å². The molecule has 2 atom stereocenters. The molecular weight excluding hydrogens is 262 g/mol. The van der Waals surface area contributed by atoms with E-state index in [1.807, 2.05) is 0 Å². The molecule has 1 aromatic rings. The van der Waals surface area contributed by atoms with E-state index in [-0.39, 0.29) is 12.0 Å². The quantitative estimate of drug-likeness (QED) is 0.674. The van der Waals surface area contributed by atoms with E-state index in [0.29, 0.717) is 13.0 Å². The maximum absolute atomic E-state index is 13.5. The standard InChI is InChI=1S/C13H15F4NO/c1-2-10(7-3-4-18-6-7)19-13-11(16)8(14)5-9(15)12(13)17/h5,7,10,18H,2-4,6H2,1H3/t7?,10-/m0/s1. The number of halogens is 4. The molecule has 1 saturated heterocycles. The summed E-state index contributed by atoms with van der Waals surface area (Å²) in [6.07, 6.45) is 0.836. The smallest absolute Gasteiger partial charge is 0.203 e. The first-order valence-electron chi connectivity index (χ1n) is 6.25. The summed E-state index contributed by atoms with van der Waals surface area (Å²) in [6, 6.07) is 0.176. The normalized spacial score (nSPS) is 20.6. The molecular formula is C13H15F4NO.